The van der Waals surface area contributed by atoms with Crippen LogP contribution in [0.4, 0.5) is 16.2 Å². The Morgan fingerprint density at radius 3 is 2.19 bits per heavy atom. The van der Waals surface area contributed by atoms with Crippen molar-refractivity contribution < 1.29 is 14.3 Å². The molecule has 0 aromatic heterocycles. The third-order valence-electron chi connectivity index (χ3n) is 3.84. The molecule has 0 fully saturated rings. The van der Waals surface area contributed by atoms with Gasteiger partial charge in [-0.15, -0.1) is 0 Å². The first-order valence-corrected chi connectivity index (χ1v) is 8.15. The van der Waals surface area contributed by atoms with Crippen molar-refractivity contribution in [2.75, 3.05) is 10.6 Å². The molecule has 0 radical (unpaired) electrons. The molecule has 0 unspecified atom stereocenters. The van der Waals surface area contributed by atoms with Gasteiger partial charge < -0.3 is 21.1 Å². The summed E-state index contributed by atoms with van der Waals surface area (Å²) >= 11 is 0. The lowest BCUT2D eigenvalue weighted by atomic mass is 10.1. The van der Waals surface area contributed by atoms with Crippen molar-refractivity contribution in [1.29, 1.82) is 0 Å². The van der Waals surface area contributed by atoms with E-state index in [-0.39, 0.29) is 5.91 Å². The van der Waals surface area contributed by atoms with Gasteiger partial charge in [-0.25, -0.2) is 4.79 Å². The minimum atomic E-state index is -0.677. The van der Waals surface area contributed by atoms with Gasteiger partial charge in [0.25, 0.3) is 5.91 Å². The third kappa shape index (κ3) is 4.10. The summed E-state index contributed by atoms with van der Waals surface area (Å²) in [6.45, 7) is 1.69. The Kier molecular flexibility index (Phi) is 5.03. The van der Waals surface area contributed by atoms with Gasteiger partial charge in [-0.2, -0.15) is 0 Å². The lowest BCUT2D eigenvalue weighted by molar-refractivity contribution is -0.122. The second-order valence-electron chi connectivity index (χ2n) is 5.79. The summed E-state index contributed by atoms with van der Waals surface area (Å²) in [5.74, 6) is 0.389. The number of carbonyl (C=O) groups is 2. The third-order valence-corrected chi connectivity index (χ3v) is 3.84. The molecule has 26 heavy (non-hydrogen) atoms. The van der Waals surface area contributed by atoms with Crippen LogP contribution >= 0.6 is 0 Å². The topological polar surface area (TPSA) is 93.4 Å². The van der Waals surface area contributed by atoms with E-state index in [1.54, 1.807) is 31.2 Å². The van der Waals surface area contributed by atoms with Crippen LogP contribution in [0.5, 0.6) is 5.75 Å². The number of urea groups is 1. The number of carbonyl (C=O) groups excluding carboxylic acids is 2. The van der Waals surface area contributed by atoms with Gasteiger partial charge in [0, 0.05) is 16.8 Å². The molecule has 0 aliphatic carbocycles. The van der Waals surface area contributed by atoms with Crippen LogP contribution in [0.1, 0.15) is 6.92 Å². The fourth-order valence-corrected chi connectivity index (χ4v) is 2.57. The number of primary amides is 1. The molecule has 0 heterocycles. The van der Waals surface area contributed by atoms with E-state index in [0.29, 0.717) is 17.1 Å². The zero-order valence-electron chi connectivity index (χ0n) is 14.2. The Hall–Kier alpha value is -3.54. The first-order valence-electron chi connectivity index (χ1n) is 8.15. The van der Waals surface area contributed by atoms with Crippen molar-refractivity contribution in [3.8, 4) is 5.75 Å². The Morgan fingerprint density at radius 2 is 1.50 bits per heavy atom. The van der Waals surface area contributed by atoms with Crippen molar-refractivity contribution in [2.45, 2.75) is 13.0 Å². The van der Waals surface area contributed by atoms with Crippen LogP contribution in [0.2, 0.25) is 0 Å². The summed E-state index contributed by atoms with van der Waals surface area (Å²) in [4.78, 5) is 23.2. The summed E-state index contributed by atoms with van der Waals surface area (Å²) in [7, 11) is 0. The molecule has 4 N–H and O–H groups in total. The highest BCUT2D eigenvalue weighted by Crippen LogP contribution is 2.26. The predicted molar refractivity (Wildman–Crippen MR) is 102 cm³/mol. The van der Waals surface area contributed by atoms with Gasteiger partial charge in [-0.3, -0.25) is 4.79 Å². The van der Waals surface area contributed by atoms with Crippen molar-refractivity contribution in [3.05, 3.63) is 66.7 Å². The van der Waals surface area contributed by atoms with Crippen molar-refractivity contribution in [3.63, 3.8) is 0 Å². The molecule has 1 atom stereocenters. The van der Waals surface area contributed by atoms with E-state index in [4.69, 9.17) is 10.5 Å². The number of nitrogens with two attached hydrogens (primary N) is 1. The molecule has 6 nitrogen and oxygen atoms in total. The molecular formula is C20H19N3O3. The molecule has 0 saturated carbocycles. The minimum absolute atomic E-state index is 0.270. The smallest absolute Gasteiger partial charge is 0.316 e. The molecular weight excluding hydrogens is 330 g/mol. The van der Waals surface area contributed by atoms with Crippen molar-refractivity contribution >= 4 is 34.1 Å². The number of anilines is 2. The largest absolute Gasteiger partial charge is 0.480 e. The molecule has 3 aromatic carbocycles. The second-order valence-corrected chi connectivity index (χ2v) is 5.79. The molecule has 0 saturated heterocycles. The Labute approximate surface area is 151 Å². The minimum Gasteiger partial charge on any atom is -0.480 e. The summed E-state index contributed by atoms with van der Waals surface area (Å²) in [6, 6.07) is 19.6. The molecule has 0 aliphatic rings. The first kappa shape index (κ1) is 17.3. The highest BCUT2D eigenvalue weighted by atomic mass is 16.5. The maximum Gasteiger partial charge on any atom is 0.316 e. The molecule has 3 rings (SSSR count). The van der Waals surface area contributed by atoms with Crippen LogP contribution in [0.3, 0.4) is 0 Å². The average molecular weight is 349 g/mol. The number of nitrogens with one attached hydrogen (secondary N) is 2. The van der Waals surface area contributed by atoms with E-state index in [1.165, 1.54) is 0 Å². The van der Waals surface area contributed by atoms with Crippen LogP contribution in [0, 0.1) is 0 Å². The SMILES string of the molecule is C[C@@H](Oc1cccc2ccccc12)C(=O)Nc1ccc(NC(N)=O)cc1. The molecule has 6 heteroatoms. The molecule has 3 aromatic rings. The summed E-state index contributed by atoms with van der Waals surface area (Å²) < 4.78 is 5.85. The molecule has 0 spiro atoms. The number of rotatable bonds is 5. The number of fused-ring (bicyclic) bond motifs is 1. The highest BCUT2D eigenvalue weighted by molar-refractivity contribution is 5.95. The van der Waals surface area contributed by atoms with Crippen LogP contribution in [0.15, 0.2) is 66.7 Å². The fourth-order valence-electron chi connectivity index (χ4n) is 2.57. The number of ether oxygens (including phenoxy) is 1. The van der Waals surface area contributed by atoms with Crippen LogP contribution < -0.4 is 21.1 Å². The molecule has 0 aliphatic heterocycles. The van der Waals surface area contributed by atoms with Gasteiger partial charge in [-0.05, 0) is 42.6 Å². The van der Waals surface area contributed by atoms with Gasteiger partial charge in [0.05, 0.1) is 0 Å². The standard InChI is InChI=1S/C20H19N3O3/c1-13(26-18-8-4-6-14-5-2-3-7-17(14)18)19(24)22-15-9-11-16(12-10-15)23-20(21)25/h2-13H,1H3,(H,22,24)(H3,21,23,25)/t13-/m1/s1. The summed E-state index contributed by atoms with van der Waals surface area (Å²) in [5.41, 5.74) is 6.21. The lowest BCUT2D eigenvalue weighted by Crippen LogP contribution is -2.30. The zero-order chi connectivity index (χ0) is 18.5. The average Bonchev–Trinajstić information content (AvgIpc) is 2.63. The van der Waals surface area contributed by atoms with Gasteiger partial charge in [0.15, 0.2) is 6.10 Å². The number of benzene rings is 3. The maximum absolute atomic E-state index is 12.4. The van der Waals surface area contributed by atoms with E-state index in [1.807, 2.05) is 42.5 Å². The van der Waals surface area contributed by atoms with E-state index in [9.17, 15) is 9.59 Å². The molecule has 3 amide bonds. The number of hydrogen-bond acceptors (Lipinski definition) is 3. The Balaban J connectivity index is 1.67. The maximum atomic E-state index is 12.4. The molecule has 0 bridgehead atoms. The quantitative estimate of drug-likeness (QED) is 0.655. The Morgan fingerprint density at radius 1 is 0.885 bits per heavy atom. The van der Waals surface area contributed by atoms with E-state index >= 15 is 0 Å². The summed E-state index contributed by atoms with van der Waals surface area (Å²) in [6.07, 6.45) is -0.677. The van der Waals surface area contributed by atoms with E-state index in [0.717, 1.165) is 10.8 Å². The van der Waals surface area contributed by atoms with Gasteiger partial charge in [0.2, 0.25) is 0 Å². The van der Waals surface area contributed by atoms with E-state index < -0.39 is 12.1 Å². The summed E-state index contributed by atoms with van der Waals surface area (Å²) in [5, 5.41) is 7.25. The number of hydrogen-bond donors (Lipinski definition) is 3. The van der Waals surface area contributed by atoms with E-state index in [2.05, 4.69) is 10.6 Å². The zero-order valence-corrected chi connectivity index (χ0v) is 14.2. The van der Waals surface area contributed by atoms with Crippen LogP contribution in [-0.2, 0) is 4.79 Å². The predicted octanol–water partition coefficient (Wildman–Crippen LogP) is 3.74. The van der Waals surface area contributed by atoms with Gasteiger partial charge in [0.1, 0.15) is 5.75 Å². The first-order chi connectivity index (χ1) is 12.5. The normalized spacial score (nSPS) is 11.6. The van der Waals surface area contributed by atoms with Crippen molar-refractivity contribution in [2.24, 2.45) is 5.73 Å². The fraction of sp³-hybridized carbons (Fsp3) is 0.100. The van der Waals surface area contributed by atoms with Crippen LogP contribution in [-0.4, -0.2) is 18.0 Å². The molecule has 132 valence electrons. The second kappa shape index (κ2) is 7.57. The van der Waals surface area contributed by atoms with Crippen molar-refractivity contribution in [1.82, 2.24) is 0 Å². The van der Waals surface area contributed by atoms with Gasteiger partial charge in [-0.1, -0.05) is 36.4 Å². The van der Waals surface area contributed by atoms with Crippen LogP contribution in [0.25, 0.3) is 10.8 Å². The monoisotopic (exact) mass is 349 g/mol. The number of amides is 3. The van der Waals surface area contributed by atoms with Gasteiger partial charge >= 0.3 is 6.03 Å². The Bertz CT molecular complexity index is 933. The highest BCUT2D eigenvalue weighted by Gasteiger charge is 2.16. The lowest BCUT2D eigenvalue weighted by Gasteiger charge is -2.16.